The molecule has 0 aromatic carbocycles. The molecule has 0 aliphatic heterocycles. The van der Waals surface area contributed by atoms with Crippen molar-refractivity contribution in [1.29, 1.82) is 0 Å². The van der Waals surface area contributed by atoms with Crippen LogP contribution in [0.15, 0.2) is 12.5 Å². The largest absolute Gasteiger partial charge is 0.346 e. The molecule has 2 aliphatic carbocycles. The molecular weight excluding hydrogens is 388 g/mol. The third-order valence-corrected chi connectivity index (χ3v) is 8.79. The Morgan fingerprint density at radius 1 is 1.10 bits per heavy atom. The molecule has 1 fully saturated rings. The van der Waals surface area contributed by atoms with Gasteiger partial charge in [0.25, 0.3) is 0 Å². The number of nitrogens with zero attached hydrogens (tertiary/aromatic N) is 3. The van der Waals surface area contributed by atoms with Crippen LogP contribution in [0.5, 0.6) is 0 Å². The minimum atomic E-state index is 0.477. The van der Waals surface area contributed by atoms with Crippen molar-refractivity contribution in [3.05, 3.63) is 39.7 Å². The summed E-state index contributed by atoms with van der Waals surface area (Å²) < 4.78 is 1.98. The summed E-state index contributed by atoms with van der Waals surface area (Å²) in [6.07, 6.45) is 14.3. The molecule has 4 nitrogen and oxygen atoms in total. The zero-order valence-electron chi connectivity index (χ0n) is 18.2. The van der Waals surface area contributed by atoms with Gasteiger partial charge >= 0.3 is 0 Å². The van der Waals surface area contributed by atoms with E-state index < -0.39 is 0 Å². The van der Waals surface area contributed by atoms with Crippen molar-refractivity contribution >= 4 is 27.2 Å². The molecule has 0 saturated heterocycles. The summed E-state index contributed by atoms with van der Waals surface area (Å²) in [7, 11) is 0. The lowest BCUT2D eigenvalue weighted by Crippen LogP contribution is -2.04. The van der Waals surface area contributed by atoms with E-state index in [1.54, 1.807) is 11.2 Å². The molecule has 0 atom stereocenters. The average molecular weight is 419 g/mol. The zero-order chi connectivity index (χ0) is 20.4. The zero-order valence-corrected chi connectivity index (χ0v) is 19.0. The molecule has 5 heteroatoms. The molecule has 1 saturated carbocycles. The van der Waals surface area contributed by atoms with Crippen LogP contribution in [0.2, 0.25) is 0 Å². The van der Waals surface area contributed by atoms with Crippen LogP contribution in [-0.4, -0.2) is 19.6 Å². The van der Waals surface area contributed by atoms with E-state index >= 15 is 0 Å². The second kappa shape index (κ2) is 6.94. The quantitative estimate of drug-likeness (QED) is 0.393. The Morgan fingerprint density at radius 3 is 2.70 bits per heavy atom. The molecule has 6 rings (SSSR count). The van der Waals surface area contributed by atoms with Gasteiger partial charge in [-0.1, -0.05) is 33.1 Å². The molecule has 4 heterocycles. The van der Waals surface area contributed by atoms with Gasteiger partial charge < -0.3 is 4.98 Å². The van der Waals surface area contributed by atoms with Crippen molar-refractivity contribution in [3.8, 4) is 11.3 Å². The maximum Gasteiger partial charge on any atom is 0.158 e. The van der Waals surface area contributed by atoms with Gasteiger partial charge in [-0.3, -0.25) is 0 Å². The molecule has 0 bridgehead atoms. The van der Waals surface area contributed by atoms with Gasteiger partial charge in [0.15, 0.2) is 5.65 Å². The summed E-state index contributed by atoms with van der Waals surface area (Å²) in [5.41, 5.74) is 9.61. The molecule has 0 radical (unpaired) electrons. The molecule has 0 amide bonds. The average Bonchev–Trinajstić information content (AvgIpc) is 3.51. The van der Waals surface area contributed by atoms with Crippen LogP contribution in [0.4, 0.5) is 0 Å². The molecule has 30 heavy (non-hydrogen) atoms. The second-order valence-electron chi connectivity index (χ2n) is 9.58. The summed E-state index contributed by atoms with van der Waals surface area (Å²) in [5.74, 6) is 1.24. The standard InChI is InChI=1S/C25H30N4S/c1-14(2)20-21-15(3)23(16-8-5-4-6-9-16)30-25(21)28-22(20)19-12-29-24(26-13-27-29)18-11-7-10-17(18)19/h12-14,16,28H,4-11H2,1-3H3. The van der Waals surface area contributed by atoms with Gasteiger partial charge in [0.2, 0.25) is 0 Å². The van der Waals surface area contributed by atoms with Crippen molar-refractivity contribution in [2.45, 2.75) is 84.0 Å². The highest BCUT2D eigenvalue weighted by atomic mass is 32.1. The van der Waals surface area contributed by atoms with Crippen molar-refractivity contribution in [3.63, 3.8) is 0 Å². The summed E-state index contributed by atoms with van der Waals surface area (Å²) in [6, 6.07) is 0. The topological polar surface area (TPSA) is 46.0 Å². The first-order valence-corrected chi connectivity index (χ1v) is 12.4. The van der Waals surface area contributed by atoms with Crippen LogP contribution in [-0.2, 0) is 12.8 Å². The van der Waals surface area contributed by atoms with Gasteiger partial charge in [0.1, 0.15) is 11.2 Å². The van der Waals surface area contributed by atoms with E-state index in [0.29, 0.717) is 5.92 Å². The Hall–Kier alpha value is -2.14. The molecule has 4 aromatic heterocycles. The van der Waals surface area contributed by atoms with Gasteiger partial charge in [-0.25, -0.2) is 9.50 Å². The first-order chi connectivity index (χ1) is 14.6. The molecule has 156 valence electrons. The maximum absolute atomic E-state index is 4.54. The SMILES string of the molecule is Cc1c(C2CCCCC2)sc2[nH]c(-c3cn4ncnc4c4c3CCC4)c(C(C)C)c12. The van der Waals surface area contributed by atoms with E-state index in [9.17, 15) is 0 Å². The van der Waals surface area contributed by atoms with E-state index in [1.165, 1.54) is 82.3 Å². The van der Waals surface area contributed by atoms with Crippen molar-refractivity contribution in [2.75, 3.05) is 0 Å². The number of nitrogens with one attached hydrogen (secondary N) is 1. The smallest absolute Gasteiger partial charge is 0.158 e. The fourth-order valence-electron chi connectivity index (χ4n) is 6.06. The van der Waals surface area contributed by atoms with Crippen molar-refractivity contribution in [1.82, 2.24) is 19.6 Å². The maximum atomic E-state index is 4.54. The number of aryl methyl sites for hydroxylation is 2. The molecule has 2 aliphatic rings. The van der Waals surface area contributed by atoms with Crippen LogP contribution < -0.4 is 0 Å². The fraction of sp³-hybridized carbons (Fsp3) is 0.520. The summed E-state index contributed by atoms with van der Waals surface area (Å²) in [4.78, 5) is 11.5. The minimum Gasteiger partial charge on any atom is -0.346 e. The number of pyridine rings is 1. The predicted octanol–water partition coefficient (Wildman–Crippen LogP) is 6.91. The molecule has 0 spiro atoms. The van der Waals surface area contributed by atoms with Crippen molar-refractivity contribution < 1.29 is 0 Å². The van der Waals surface area contributed by atoms with Gasteiger partial charge in [-0.05, 0) is 67.6 Å². The highest BCUT2D eigenvalue weighted by molar-refractivity contribution is 7.19. The molecule has 0 unspecified atom stereocenters. The number of thiophene rings is 1. The number of hydrogen-bond donors (Lipinski definition) is 1. The lowest BCUT2D eigenvalue weighted by atomic mass is 9.86. The van der Waals surface area contributed by atoms with Gasteiger partial charge in [0, 0.05) is 27.6 Å². The molecule has 1 N–H and O–H groups in total. The Morgan fingerprint density at radius 2 is 1.90 bits per heavy atom. The Bertz CT molecular complexity index is 1250. The normalized spacial score (nSPS) is 17.6. The monoisotopic (exact) mass is 418 g/mol. The van der Waals surface area contributed by atoms with E-state index in [-0.39, 0.29) is 0 Å². The summed E-state index contributed by atoms with van der Waals surface area (Å²) in [5, 5.41) is 5.98. The number of aromatic nitrogens is 4. The number of H-pyrrole nitrogens is 1. The first-order valence-electron chi connectivity index (χ1n) is 11.6. The van der Waals surface area contributed by atoms with Gasteiger partial charge in [0.05, 0.1) is 5.69 Å². The Labute approximate surface area is 181 Å². The molecule has 4 aromatic rings. The van der Waals surface area contributed by atoms with Gasteiger partial charge in [-0.2, -0.15) is 5.10 Å². The number of rotatable bonds is 3. The lowest BCUT2D eigenvalue weighted by molar-refractivity contribution is 0.447. The highest BCUT2D eigenvalue weighted by Gasteiger charge is 2.28. The summed E-state index contributed by atoms with van der Waals surface area (Å²) in [6.45, 7) is 7.06. The second-order valence-corrected chi connectivity index (χ2v) is 10.6. The van der Waals surface area contributed by atoms with E-state index in [2.05, 4.69) is 42.0 Å². The van der Waals surface area contributed by atoms with Crippen LogP contribution in [0, 0.1) is 6.92 Å². The molecular formula is C25H30N4S. The lowest BCUT2D eigenvalue weighted by Gasteiger charge is -2.21. The number of aromatic amines is 1. The third kappa shape index (κ3) is 2.64. The Balaban J connectivity index is 1.58. The summed E-state index contributed by atoms with van der Waals surface area (Å²) >= 11 is 2.03. The van der Waals surface area contributed by atoms with Crippen LogP contribution >= 0.6 is 11.3 Å². The van der Waals surface area contributed by atoms with Crippen molar-refractivity contribution in [2.24, 2.45) is 0 Å². The number of hydrogen-bond acceptors (Lipinski definition) is 3. The van der Waals surface area contributed by atoms with E-state index in [0.717, 1.165) is 24.4 Å². The predicted molar refractivity (Wildman–Crippen MR) is 125 cm³/mol. The van der Waals surface area contributed by atoms with E-state index in [4.69, 9.17) is 0 Å². The fourth-order valence-corrected chi connectivity index (χ4v) is 7.45. The van der Waals surface area contributed by atoms with Crippen LogP contribution in [0.3, 0.4) is 0 Å². The first kappa shape index (κ1) is 18.6. The van der Waals surface area contributed by atoms with Gasteiger partial charge in [-0.15, -0.1) is 11.3 Å². The van der Waals surface area contributed by atoms with Crippen LogP contribution in [0.25, 0.3) is 27.1 Å². The third-order valence-electron chi connectivity index (χ3n) is 7.42. The van der Waals surface area contributed by atoms with E-state index in [1.807, 2.05) is 15.9 Å². The Kier molecular flexibility index (Phi) is 4.31. The minimum absolute atomic E-state index is 0.477. The highest BCUT2D eigenvalue weighted by Crippen LogP contribution is 2.47. The van der Waals surface area contributed by atoms with Crippen LogP contribution in [0.1, 0.15) is 91.3 Å². The number of fused-ring (bicyclic) bond motifs is 4.